The lowest BCUT2D eigenvalue weighted by atomic mass is 9.95. The van der Waals surface area contributed by atoms with Crippen LogP contribution in [0.5, 0.6) is 0 Å². The monoisotopic (exact) mass is 746 g/mol. The normalized spacial score (nSPS) is 16.8. The molecule has 5 atom stereocenters. The minimum Gasteiger partial charge on any atom is -0.444 e. The molecule has 3 amide bonds. The van der Waals surface area contributed by atoms with Gasteiger partial charge in [-0.15, -0.1) is 0 Å². The zero-order valence-electron chi connectivity index (χ0n) is 31.4. The molecule has 288 valence electrons. The topological polar surface area (TPSA) is 178 Å². The molecule has 0 spiro atoms. The number of aromatic nitrogens is 2. The number of alkyl carbamates (subject to hydrolysis) is 1. The molecule has 7 N–H and O–H groups in total. The summed E-state index contributed by atoms with van der Waals surface area (Å²) in [6.45, 7) is 5.80. The van der Waals surface area contributed by atoms with Crippen molar-refractivity contribution in [1.82, 2.24) is 31.2 Å². The fourth-order valence-corrected chi connectivity index (χ4v) is 6.82. The number of imidazole rings is 1. The average Bonchev–Trinajstić information content (AvgIpc) is 3.72. The molecule has 1 aromatic heterocycles. The van der Waals surface area contributed by atoms with E-state index in [4.69, 9.17) is 4.74 Å². The van der Waals surface area contributed by atoms with Crippen molar-refractivity contribution in [2.45, 2.75) is 95.5 Å². The number of carbonyl (C=O) groups excluding carboxylic acids is 3. The summed E-state index contributed by atoms with van der Waals surface area (Å²) in [6.07, 6.45) is -1.55. The third-order valence-corrected chi connectivity index (χ3v) is 9.60. The van der Waals surface area contributed by atoms with Gasteiger partial charge in [-0.3, -0.25) is 14.9 Å². The van der Waals surface area contributed by atoms with Crippen LogP contribution in [0.3, 0.4) is 0 Å². The van der Waals surface area contributed by atoms with Gasteiger partial charge in [-0.05, 0) is 67.1 Å². The molecule has 6 rings (SSSR count). The highest BCUT2D eigenvalue weighted by atomic mass is 16.6. The number of aryl methyl sites for hydroxylation is 1. The van der Waals surface area contributed by atoms with Crippen LogP contribution in [0.25, 0.3) is 11.0 Å². The number of fused-ring (bicyclic) bond motifs is 2. The largest absolute Gasteiger partial charge is 0.444 e. The number of carbonyl (C=O) groups is 3. The van der Waals surface area contributed by atoms with Gasteiger partial charge in [-0.25, -0.2) is 9.78 Å². The van der Waals surface area contributed by atoms with E-state index >= 15 is 0 Å². The Balaban J connectivity index is 1.13. The minimum absolute atomic E-state index is 0.0888. The molecule has 4 aromatic carbocycles. The summed E-state index contributed by atoms with van der Waals surface area (Å²) in [6, 6.07) is 29.5. The van der Waals surface area contributed by atoms with Crippen LogP contribution in [0, 0.1) is 0 Å². The molecule has 0 aliphatic heterocycles. The van der Waals surface area contributed by atoms with Gasteiger partial charge < -0.3 is 35.9 Å². The maximum absolute atomic E-state index is 14.1. The van der Waals surface area contributed by atoms with Crippen LogP contribution in [0.2, 0.25) is 0 Å². The van der Waals surface area contributed by atoms with Crippen LogP contribution in [0.1, 0.15) is 66.9 Å². The summed E-state index contributed by atoms with van der Waals surface area (Å²) >= 11 is 0. The van der Waals surface area contributed by atoms with Gasteiger partial charge in [-0.2, -0.15) is 0 Å². The van der Waals surface area contributed by atoms with E-state index in [9.17, 15) is 24.6 Å². The Kier molecular flexibility index (Phi) is 12.6. The van der Waals surface area contributed by atoms with Crippen LogP contribution < -0.4 is 21.3 Å². The second-order valence-electron chi connectivity index (χ2n) is 15.0. The van der Waals surface area contributed by atoms with Crippen molar-refractivity contribution < 1.29 is 29.3 Å². The maximum Gasteiger partial charge on any atom is 0.407 e. The van der Waals surface area contributed by atoms with Crippen LogP contribution >= 0.6 is 0 Å². The summed E-state index contributed by atoms with van der Waals surface area (Å²) < 4.78 is 5.53. The van der Waals surface area contributed by atoms with Crippen LogP contribution in [-0.2, 0) is 46.7 Å². The van der Waals surface area contributed by atoms with E-state index in [1.807, 2.05) is 103 Å². The SMILES string of the molecule is CC(C)(C)OC(=O)N[C@@H](Cc1ccccc1)[C@@H](O)[C@@H](NCc1ccc(CNC(=O)CCc2nc3ccccc3[nH]2)cc1)C(=O)N[C@H]1c2ccccc2CC1O. The Morgan fingerprint density at radius 2 is 1.55 bits per heavy atom. The molecule has 0 radical (unpaired) electrons. The first-order chi connectivity index (χ1) is 26.4. The van der Waals surface area contributed by atoms with Gasteiger partial charge in [0.2, 0.25) is 11.8 Å². The average molecular weight is 747 g/mol. The molecule has 1 aliphatic carbocycles. The second-order valence-corrected chi connectivity index (χ2v) is 15.0. The first-order valence-corrected chi connectivity index (χ1v) is 18.7. The first-order valence-electron chi connectivity index (χ1n) is 18.7. The van der Waals surface area contributed by atoms with E-state index in [1.165, 1.54) is 0 Å². The van der Waals surface area contributed by atoms with Crippen LogP contribution in [-0.4, -0.2) is 68.0 Å². The quantitative estimate of drug-likeness (QED) is 0.0817. The molecule has 0 bridgehead atoms. The zero-order chi connectivity index (χ0) is 39.0. The molecule has 5 aromatic rings. The number of amides is 3. The van der Waals surface area contributed by atoms with Gasteiger partial charge in [-0.1, -0.05) is 91.0 Å². The van der Waals surface area contributed by atoms with Crippen LogP contribution in [0.4, 0.5) is 4.79 Å². The molecule has 12 nitrogen and oxygen atoms in total. The molecule has 1 aliphatic rings. The van der Waals surface area contributed by atoms with E-state index in [0.717, 1.165) is 44.7 Å². The van der Waals surface area contributed by atoms with Gasteiger partial charge in [0.05, 0.1) is 35.3 Å². The number of para-hydroxylation sites is 2. The number of nitrogens with one attached hydrogen (secondary N) is 5. The van der Waals surface area contributed by atoms with Crippen molar-refractivity contribution in [3.05, 3.63) is 137 Å². The fourth-order valence-electron chi connectivity index (χ4n) is 6.82. The van der Waals surface area contributed by atoms with E-state index in [0.29, 0.717) is 25.8 Å². The van der Waals surface area contributed by atoms with Crippen molar-refractivity contribution in [2.75, 3.05) is 0 Å². The third kappa shape index (κ3) is 10.8. The summed E-state index contributed by atoms with van der Waals surface area (Å²) in [7, 11) is 0. The van der Waals surface area contributed by atoms with Crippen LogP contribution in [0.15, 0.2) is 103 Å². The van der Waals surface area contributed by atoms with Crippen molar-refractivity contribution in [2.24, 2.45) is 0 Å². The van der Waals surface area contributed by atoms with Crippen molar-refractivity contribution in [1.29, 1.82) is 0 Å². The third-order valence-electron chi connectivity index (χ3n) is 9.60. The van der Waals surface area contributed by atoms with Gasteiger partial charge in [0.25, 0.3) is 0 Å². The van der Waals surface area contributed by atoms with Crippen molar-refractivity contribution in [3.8, 4) is 0 Å². The number of nitrogens with zero attached hydrogens (tertiary/aromatic N) is 1. The predicted molar refractivity (Wildman–Crippen MR) is 210 cm³/mol. The number of H-pyrrole nitrogens is 1. The molecular formula is C43H50N6O6. The predicted octanol–water partition coefficient (Wildman–Crippen LogP) is 4.54. The number of hydrogen-bond donors (Lipinski definition) is 7. The lowest BCUT2D eigenvalue weighted by molar-refractivity contribution is -0.128. The molecule has 0 fully saturated rings. The smallest absolute Gasteiger partial charge is 0.407 e. The Morgan fingerprint density at radius 1 is 0.873 bits per heavy atom. The lowest BCUT2D eigenvalue weighted by Crippen LogP contribution is -2.60. The number of rotatable bonds is 15. The van der Waals surface area contributed by atoms with Gasteiger partial charge in [0.15, 0.2) is 0 Å². The maximum atomic E-state index is 14.1. The Labute approximate surface area is 321 Å². The Morgan fingerprint density at radius 3 is 2.27 bits per heavy atom. The number of benzene rings is 4. The summed E-state index contributed by atoms with van der Waals surface area (Å²) in [4.78, 5) is 47.6. The fraction of sp³-hybridized carbons (Fsp3) is 0.349. The lowest BCUT2D eigenvalue weighted by Gasteiger charge is -2.32. The summed E-state index contributed by atoms with van der Waals surface area (Å²) in [5.41, 5.74) is 5.37. The molecular weight excluding hydrogens is 697 g/mol. The molecule has 0 saturated heterocycles. The van der Waals surface area contributed by atoms with Crippen molar-refractivity contribution >= 4 is 28.9 Å². The second kappa shape index (κ2) is 17.7. The van der Waals surface area contributed by atoms with E-state index in [-0.39, 0.29) is 18.9 Å². The minimum atomic E-state index is -1.41. The molecule has 12 heteroatoms. The van der Waals surface area contributed by atoms with Gasteiger partial charge >= 0.3 is 6.09 Å². The number of aliphatic hydroxyl groups excluding tert-OH is 2. The highest BCUT2D eigenvalue weighted by Gasteiger charge is 2.38. The van der Waals surface area contributed by atoms with Gasteiger partial charge in [0.1, 0.15) is 17.5 Å². The standard InChI is InChI=1S/C43H50N6O6/c1-43(2,3)55-42(54)48-34(23-27-11-5-4-6-12-27)40(52)39(41(53)49-38-31-14-8-7-13-30(31)24-35(38)50)45-26-29-19-17-28(18-20-29)25-44-37(51)22-21-36-46-32-15-9-10-16-33(32)47-36/h4-20,34-35,38-40,45,50,52H,21-26H2,1-3H3,(H,44,51)(H,46,47)(H,48,54)(H,49,53)/t34-,35?,38-,39+,40+/m0/s1. The summed E-state index contributed by atoms with van der Waals surface area (Å²) in [5.74, 6) is 0.148. The van der Waals surface area contributed by atoms with Crippen molar-refractivity contribution in [3.63, 3.8) is 0 Å². The number of aliphatic hydroxyl groups is 2. The first kappa shape index (κ1) is 39.1. The number of hydrogen-bond acceptors (Lipinski definition) is 8. The zero-order valence-corrected chi connectivity index (χ0v) is 31.4. The molecule has 0 saturated carbocycles. The number of aromatic amines is 1. The highest BCUT2D eigenvalue weighted by molar-refractivity contribution is 5.83. The van der Waals surface area contributed by atoms with E-state index in [1.54, 1.807) is 20.8 Å². The number of ether oxygens (including phenoxy) is 1. The molecule has 1 unspecified atom stereocenters. The Bertz CT molecular complexity index is 2030. The molecule has 1 heterocycles. The molecule has 55 heavy (non-hydrogen) atoms. The Hall–Kier alpha value is -5.56. The highest BCUT2D eigenvalue weighted by Crippen LogP contribution is 2.31. The van der Waals surface area contributed by atoms with E-state index in [2.05, 4.69) is 31.2 Å². The van der Waals surface area contributed by atoms with Gasteiger partial charge in [0, 0.05) is 32.4 Å². The summed E-state index contributed by atoms with van der Waals surface area (Å²) in [5, 5.41) is 34.9. The van der Waals surface area contributed by atoms with E-state index < -0.39 is 47.9 Å².